The Bertz CT molecular complexity index is 813. The molecule has 0 fully saturated rings. The van der Waals surface area contributed by atoms with Crippen LogP contribution in [0.5, 0.6) is 11.5 Å². The highest BCUT2D eigenvalue weighted by molar-refractivity contribution is 6.10. The molecule has 0 radical (unpaired) electrons. The number of phenolic OH excluding ortho intramolecular Hbond substituents is 1. The minimum absolute atomic E-state index is 0.00794. The molecule has 0 bridgehead atoms. The molecular formula is C19H18O6. The monoisotopic (exact) mass is 342 g/mol. The van der Waals surface area contributed by atoms with Gasteiger partial charge in [0, 0.05) is 0 Å². The van der Waals surface area contributed by atoms with E-state index in [9.17, 15) is 14.7 Å². The van der Waals surface area contributed by atoms with E-state index in [1.54, 1.807) is 30.3 Å². The summed E-state index contributed by atoms with van der Waals surface area (Å²) in [7, 11) is 1.43. The van der Waals surface area contributed by atoms with Crippen LogP contribution >= 0.6 is 0 Å². The summed E-state index contributed by atoms with van der Waals surface area (Å²) in [5, 5.41) is 18.4. The first-order chi connectivity index (χ1) is 12.0. The zero-order valence-electron chi connectivity index (χ0n) is 13.6. The van der Waals surface area contributed by atoms with Crippen LogP contribution in [-0.4, -0.2) is 28.9 Å². The maximum Gasteiger partial charge on any atom is 0.163 e. The number of benzene rings is 1. The zero-order chi connectivity index (χ0) is 18.2. The molecule has 2 N–H and O–H groups in total. The molecule has 0 atom stereocenters. The van der Waals surface area contributed by atoms with Crippen molar-refractivity contribution < 1.29 is 29.0 Å². The quantitative estimate of drug-likeness (QED) is 0.565. The third-order valence-corrected chi connectivity index (χ3v) is 3.29. The van der Waals surface area contributed by atoms with Crippen molar-refractivity contribution in [2.75, 3.05) is 7.11 Å². The van der Waals surface area contributed by atoms with Gasteiger partial charge in [-0.25, -0.2) is 0 Å². The van der Waals surface area contributed by atoms with E-state index in [2.05, 4.69) is 0 Å². The summed E-state index contributed by atoms with van der Waals surface area (Å²) in [4.78, 5) is 23.6. The predicted octanol–water partition coefficient (Wildman–Crippen LogP) is 2.74. The van der Waals surface area contributed by atoms with Crippen LogP contribution < -0.4 is 4.74 Å². The van der Waals surface area contributed by atoms with Crippen LogP contribution in [0.2, 0.25) is 0 Å². The van der Waals surface area contributed by atoms with Crippen molar-refractivity contribution >= 4 is 23.7 Å². The van der Waals surface area contributed by atoms with Crippen LogP contribution in [0, 0.1) is 0 Å². The van der Waals surface area contributed by atoms with Crippen LogP contribution in [0.25, 0.3) is 12.2 Å². The molecule has 6 heteroatoms. The maximum absolute atomic E-state index is 11.8. The molecule has 6 nitrogen and oxygen atoms in total. The lowest BCUT2D eigenvalue weighted by Crippen LogP contribution is -2.01. The molecule has 1 aromatic carbocycles. The molecule has 0 unspecified atom stereocenters. The molecule has 2 rings (SSSR count). The average molecular weight is 342 g/mol. The topological polar surface area (TPSA) is 97.0 Å². The van der Waals surface area contributed by atoms with Crippen LogP contribution in [-0.2, 0) is 16.2 Å². The van der Waals surface area contributed by atoms with E-state index in [4.69, 9.17) is 14.3 Å². The lowest BCUT2D eigenvalue weighted by atomic mass is 10.1. The molecule has 0 saturated carbocycles. The minimum Gasteiger partial charge on any atom is -0.504 e. The van der Waals surface area contributed by atoms with E-state index < -0.39 is 0 Å². The SMILES string of the molecule is COc1cc(/C=C/C(=O)CC(=O)/C=C/c2ccc(CO)o2)ccc1O. The number of hydrogen-bond acceptors (Lipinski definition) is 6. The van der Waals surface area contributed by atoms with Crippen LogP contribution in [0.4, 0.5) is 0 Å². The molecule has 0 aliphatic heterocycles. The number of aliphatic hydroxyl groups excluding tert-OH is 1. The summed E-state index contributed by atoms with van der Waals surface area (Å²) < 4.78 is 10.2. The average Bonchev–Trinajstić information content (AvgIpc) is 3.07. The number of carbonyl (C=O) groups is 2. The summed E-state index contributed by atoms with van der Waals surface area (Å²) in [6, 6.07) is 7.88. The van der Waals surface area contributed by atoms with Crippen molar-refractivity contribution in [3.8, 4) is 11.5 Å². The van der Waals surface area contributed by atoms with E-state index in [-0.39, 0.29) is 30.3 Å². The summed E-state index contributed by atoms with van der Waals surface area (Å²) in [5.41, 5.74) is 0.665. The molecule has 1 aromatic heterocycles. The Morgan fingerprint density at radius 2 is 1.84 bits per heavy atom. The number of ketones is 2. The minimum atomic E-state index is -0.361. The number of hydrogen-bond donors (Lipinski definition) is 2. The Hall–Kier alpha value is -3.12. The Kier molecular flexibility index (Phi) is 6.31. The molecule has 0 aliphatic carbocycles. The first-order valence-electron chi connectivity index (χ1n) is 7.50. The normalized spacial score (nSPS) is 11.3. The van der Waals surface area contributed by atoms with E-state index in [0.717, 1.165) is 0 Å². The van der Waals surface area contributed by atoms with Gasteiger partial charge in [0.15, 0.2) is 23.1 Å². The van der Waals surface area contributed by atoms with Crippen molar-refractivity contribution in [3.63, 3.8) is 0 Å². The number of phenols is 1. The standard InChI is InChI=1S/C19H18O6/c1-24-19-10-13(3-9-18(19)23)2-4-14(21)11-15(22)5-6-16-7-8-17(12-20)25-16/h2-10,20,23H,11-12H2,1H3/b4-2+,6-5+. The molecular weight excluding hydrogens is 324 g/mol. The highest BCUT2D eigenvalue weighted by atomic mass is 16.5. The zero-order valence-corrected chi connectivity index (χ0v) is 13.6. The maximum atomic E-state index is 11.8. The number of carbonyl (C=O) groups excluding carboxylic acids is 2. The van der Waals surface area contributed by atoms with E-state index in [1.165, 1.54) is 31.4 Å². The van der Waals surface area contributed by atoms with E-state index in [1.807, 2.05) is 0 Å². The van der Waals surface area contributed by atoms with Gasteiger partial charge in [-0.2, -0.15) is 0 Å². The fourth-order valence-electron chi connectivity index (χ4n) is 2.02. The molecule has 2 aromatic rings. The highest BCUT2D eigenvalue weighted by Crippen LogP contribution is 2.26. The fraction of sp³-hybridized carbons (Fsp3) is 0.158. The van der Waals surface area contributed by atoms with Gasteiger partial charge in [0.1, 0.15) is 18.1 Å². The van der Waals surface area contributed by atoms with Gasteiger partial charge in [-0.15, -0.1) is 0 Å². The fourth-order valence-corrected chi connectivity index (χ4v) is 2.02. The second-order valence-corrected chi connectivity index (χ2v) is 5.17. The lowest BCUT2D eigenvalue weighted by Gasteiger charge is -2.03. The van der Waals surface area contributed by atoms with Gasteiger partial charge in [-0.1, -0.05) is 12.1 Å². The number of ether oxygens (including phenoxy) is 1. The van der Waals surface area contributed by atoms with Gasteiger partial charge in [0.05, 0.1) is 13.5 Å². The summed E-state index contributed by atoms with van der Waals surface area (Å²) in [6.07, 6.45) is 5.28. The smallest absolute Gasteiger partial charge is 0.163 e. The van der Waals surface area contributed by atoms with Crippen molar-refractivity contribution in [3.05, 3.63) is 59.6 Å². The largest absolute Gasteiger partial charge is 0.504 e. The first-order valence-corrected chi connectivity index (χ1v) is 7.50. The van der Waals surface area contributed by atoms with Gasteiger partial charge in [0.2, 0.25) is 0 Å². The van der Waals surface area contributed by atoms with Gasteiger partial charge in [-0.05, 0) is 48.1 Å². The molecule has 0 amide bonds. The number of rotatable bonds is 8. The second kappa shape index (κ2) is 8.65. The van der Waals surface area contributed by atoms with Crippen molar-refractivity contribution in [1.82, 2.24) is 0 Å². The highest BCUT2D eigenvalue weighted by Gasteiger charge is 2.05. The molecule has 25 heavy (non-hydrogen) atoms. The third kappa shape index (κ3) is 5.47. The number of methoxy groups -OCH3 is 1. The summed E-state index contributed by atoms with van der Waals surface area (Å²) >= 11 is 0. The first kappa shape index (κ1) is 18.2. The van der Waals surface area contributed by atoms with Crippen molar-refractivity contribution in [2.24, 2.45) is 0 Å². The van der Waals surface area contributed by atoms with Crippen molar-refractivity contribution in [2.45, 2.75) is 13.0 Å². The Morgan fingerprint density at radius 3 is 2.48 bits per heavy atom. The molecule has 0 saturated heterocycles. The summed E-state index contributed by atoms with van der Waals surface area (Å²) in [5.74, 6) is 0.423. The predicted molar refractivity (Wildman–Crippen MR) is 92.0 cm³/mol. The van der Waals surface area contributed by atoms with E-state index >= 15 is 0 Å². The number of furan rings is 1. The molecule has 1 heterocycles. The lowest BCUT2D eigenvalue weighted by molar-refractivity contribution is -0.121. The van der Waals surface area contributed by atoms with Crippen LogP contribution in [0.3, 0.4) is 0 Å². The van der Waals surface area contributed by atoms with Gasteiger partial charge < -0.3 is 19.4 Å². The Morgan fingerprint density at radius 1 is 1.12 bits per heavy atom. The summed E-state index contributed by atoms with van der Waals surface area (Å²) in [6.45, 7) is -0.215. The van der Waals surface area contributed by atoms with Crippen molar-refractivity contribution in [1.29, 1.82) is 0 Å². The Labute approximate surface area is 144 Å². The second-order valence-electron chi connectivity index (χ2n) is 5.17. The number of allylic oxidation sites excluding steroid dienone is 2. The molecule has 0 aliphatic rings. The van der Waals surface area contributed by atoms with Crippen LogP contribution in [0.15, 0.2) is 46.9 Å². The molecule has 130 valence electrons. The van der Waals surface area contributed by atoms with Crippen LogP contribution in [0.1, 0.15) is 23.5 Å². The Balaban J connectivity index is 1.91. The van der Waals surface area contributed by atoms with E-state index in [0.29, 0.717) is 22.8 Å². The van der Waals surface area contributed by atoms with Gasteiger partial charge in [-0.3, -0.25) is 9.59 Å². The molecule has 0 spiro atoms. The number of aromatic hydroxyl groups is 1. The van der Waals surface area contributed by atoms with Gasteiger partial charge >= 0.3 is 0 Å². The third-order valence-electron chi connectivity index (χ3n) is 3.29. The van der Waals surface area contributed by atoms with Gasteiger partial charge in [0.25, 0.3) is 0 Å². The number of aliphatic hydroxyl groups is 1.